The van der Waals surface area contributed by atoms with Gasteiger partial charge in [-0.25, -0.2) is 4.98 Å². The van der Waals surface area contributed by atoms with Crippen molar-refractivity contribution in [1.82, 2.24) is 19.8 Å². The molecule has 4 rings (SSSR count). The minimum atomic E-state index is -0.582. The molecule has 2 aliphatic heterocycles. The molecule has 0 unspecified atom stereocenters. The van der Waals surface area contributed by atoms with Crippen LogP contribution in [0, 0.1) is 0 Å². The van der Waals surface area contributed by atoms with E-state index >= 15 is 0 Å². The van der Waals surface area contributed by atoms with Gasteiger partial charge in [-0.15, -0.1) is 0 Å². The lowest BCUT2D eigenvalue weighted by Gasteiger charge is -2.30. The molecule has 1 atom stereocenters. The number of nitrogens with one attached hydrogen (secondary N) is 1. The molecular weight excluding hydrogens is 328 g/mol. The third-order valence-electron chi connectivity index (χ3n) is 5.32. The average Bonchev–Trinajstić information content (AvgIpc) is 3.10. The summed E-state index contributed by atoms with van der Waals surface area (Å²) in [4.78, 5) is 19.0. The average molecular weight is 354 g/mol. The highest BCUT2D eigenvalue weighted by atomic mass is 16.3. The van der Waals surface area contributed by atoms with Crippen LogP contribution in [-0.4, -0.2) is 51.2 Å². The van der Waals surface area contributed by atoms with E-state index in [1.807, 2.05) is 6.20 Å². The zero-order valence-corrected chi connectivity index (χ0v) is 15.0. The lowest BCUT2D eigenvalue weighted by Crippen LogP contribution is -2.42. The minimum Gasteiger partial charge on any atom is -0.390 e. The van der Waals surface area contributed by atoms with Gasteiger partial charge in [-0.1, -0.05) is 24.3 Å². The SMILES string of the molecule is O=C(NC[C@H](O)CN1CCc2ccccc2C1)c1cn2c(n1)CCCC2. The maximum Gasteiger partial charge on any atom is 0.271 e. The van der Waals surface area contributed by atoms with E-state index in [2.05, 4.69) is 44.0 Å². The highest BCUT2D eigenvalue weighted by Crippen LogP contribution is 2.18. The van der Waals surface area contributed by atoms with Crippen molar-refractivity contribution >= 4 is 5.91 Å². The summed E-state index contributed by atoms with van der Waals surface area (Å²) < 4.78 is 2.07. The molecule has 1 amide bonds. The van der Waals surface area contributed by atoms with E-state index in [-0.39, 0.29) is 12.5 Å². The van der Waals surface area contributed by atoms with Gasteiger partial charge in [0.2, 0.25) is 0 Å². The monoisotopic (exact) mass is 354 g/mol. The van der Waals surface area contributed by atoms with Crippen LogP contribution in [0.15, 0.2) is 30.5 Å². The maximum atomic E-state index is 12.3. The summed E-state index contributed by atoms with van der Waals surface area (Å²) >= 11 is 0. The first-order chi connectivity index (χ1) is 12.7. The van der Waals surface area contributed by atoms with Crippen LogP contribution < -0.4 is 5.32 Å². The molecule has 2 N–H and O–H groups in total. The quantitative estimate of drug-likeness (QED) is 0.851. The van der Waals surface area contributed by atoms with E-state index in [4.69, 9.17) is 0 Å². The number of nitrogens with zero attached hydrogens (tertiary/aromatic N) is 3. The molecule has 3 heterocycles. The van der Waals surface area contributed by atoms with Crippen molar-refractivity contribution in [3.63, 3.8) is 0 Å². The number of aromatic nitrogens is 2. The number of fused-ring (bicyclic) bond motifs is 2. The van der Waals surface area contributed by atoms with Gasteiger partial charge in [0.1, 0.15) is 11.5 Å². The standard InChI is InChI=1S/C20H26N4O2/c25-17(13-23-10-8-15-5-1-2-6-16(15)12-23)11-21-20(26)18-14-24-9-4-3-7-19(24)22-18/h1-2,5-6,14,17,25H,3-4,7-13H2,(H,21,26)/t17-/m0/s1. The normalized spacial score (nSPS) is 18.0. The summed E-state index contributed by atoms with van der Waals surface area (Å²) in [5.74, 6) is 0.795. The Hall–Kier alpha value is -2.18. The summed E-state index contributed by atoms with van der Waals surface area (Å²) in [5.41, 5.74) is 3.19. The number of aliphatic hydroxyl groups excluding tert-OH is 1. The molecular formula is C20H26N4O2. The topological polar surface area (TPSA) is 70.4 Å². The number of aryl methyl sites for hydroxylation is 2. The van der Waals surface area contributed by atoms with Crippen molar-refractivity contribution in [2.45, 2.75) is 44.9 Å². The number of aliphatic hydroxyl groups is 1. The highest BCUT2D eigenvalue weighted by molar-refractivity contribution is 5.92. The first kappa shape index (κ1) is 17.2. The molecule has 0 aliphatic carbocycles. The Labute approximate surface area is 153 Å². The molecule has 6 nitrogen and oxygen atoms in total. The van der Waals surface area contributed by atoms with Crippen LogP contribution in [0.5, 0.6) is 0 Å². The molecule has 1 aromatic carbocycles. The molecule has 0 saturated carbocycles. The second-order valence-corrected chi connectivity index (χ2v) is 7.31. The molecule has 138 valence electrons. The van der Waals surface area contributed by atoms with E-state index < -0.39 is 6.10 Å². The fraction of sp³-hybridized carbons (Fsp3) is 0.500. The van der Waals surface area contributed by atoms with Crippen LogP contribution in [0.3, 0.4) is 0 Å². The lowest BCUT2D eigenvalue weighted by atomic mass is 10.00. The van der Waals surface area contributed by atoms with Crippen LogP contribution in [-0.2, 0) is 25.9 Å². The second kappa shape index (κ2) is 7.60. The number of rotatable bonds is 5. The fourth-order valence-corrected chi connectivity index (χ4v) is 3.90. The lowest BCUT2D eigenvalue weighted by molar-refractivity contribution is 0.0838. The van der Waals surface area contributed by atoms with Crippen LogP contribution >= 0.6 is 0 Å². The number of benzene rings is 1. The smallest absolute Gasteiger partial charge is 0.271 e. The van der Waals surface area contributed by atoms with E-state index in [1.165, 1.54) is 11.1 Å². The number of carbonyl (C=O) groups excluding carboxylic acids is 1. The number of β-amino-alcohol motifs (C(OH)–C–C–N with tert-alkyl or cyclic N) is 1. The molecule has 1 aromatic heterocycles. The van der Waals surface area contributed by atoms with E-state index in [1.54, 1.807) is 0 Å². The van der Waals surface area contributed by atoms with Gasteiger partial charge >= 0.3 is 0 Å². The van der Waals surface area contributed by atoms with Gasteiger partial charge in [-0.2, -0.15) is 0 Å². The van der Waals surface area contributed by atoms with Crippen molar-refractivity contribution in [3.05, 3.63) is 53.1 Å². The largest absolute Gasteiger partial charge is 0.390 e. The molecule has 2 aliphatic rings. The van der Waals surface area contributed by atoms with Gasteiger partial charge in [-0.05, 0) is 30.4 Å². The Morgan fingerprint density at radius 1 is 1.19 bits per heavy atom. The summed E-state index contributed by atoms with van der Waals surface area (Å²) in [5, 5.41) is 13.2. The van der Waals surface area contributed by atoms with E-state index in [9.17, 15) is 9.90 Å². The van der Waals surface area contributed by atoms with Gasteiger partial charge in [0.25, 0.3) is 5.91 Å². The number of hydrogen-bond donors (Lipinski definition) is 2. The predicted molar refractivity (Wildman–Crippen MR) is 98.9 cm³/mol. The fourth-order valence-electron chi connectivity index (χ4n) is 3.90. The van der Waals surface area contributed by atoms with Crippen LogP contribution in [0.25, 0.3) is 0 Å². The van der Waals surface area contributed by atoms with Gasteiger partial charge < -0.3 is 15.0 Å². The Kier molecular flexibility index (Phi) is 5.04. The van der Waals surface area contributed by atoms with Crippen LogP contribution in [0.4, 0.5) is 0 Å². The molecule has 26 heavy (non-hydrogen) atoms. The maximum absolute atomic E-state index is 12.3. The predicted octanol–water partition coefficient (Wildman–Crippen LogP) is 1.37. The van der Waals surface area contributed by atoms with Gasteiger partial charge in [-0.3, -0.25) is 9.69 Å². The molecule has 0 fully saturated rings. The van der Waals surface area contributed by atoms with Crippen molar-refractivity contribution in [1.29, 1.82) is 0 Å². The van der Waals surface area contributed by atoms with Crippen molar-refractivity contribution in [3.8, 4) is 0 Å². The highest BCUT2D eigenvalue weighted by Gasteiger charge is 2.20. The Balaban J connectivity index is 1.27. The van der Waals surface area contributed by atoms with Crippen molar-refractivity contribution < 1.29 is 9.90 Å². The Morgan fingerprint density at radius 3 is 2.88 bits per heavy atom. The molecule has 6 heteroatoms. The zero-order chi connectivity index (χ0) is 17.9. The summed E-state index contributed by atoms with van der Waals surface area (Å²) in [6.45, 7) is 3.55. The third kappa shape index (κ3) is 3.81. The number of imidazole rings is 1. The Morgan fingerprint density at radius 2 is 2.04 bits per heavy atom. The summed E-state index contributed by atoms with van der Waals surface area (Å²) in [6, 6.07) is 8.46. The van der Waals surface area contributed by atoms with E-state index in [0.717, 1.165) is 51.1 Å². The van der Waals surface area contributed by atoms with Gasteiger partial charge in [0, 0.05) is 45.3 Å². The summed E-state index contributed by atoms with van der Waals surface area (Å²) in [6.07, 6.45) is 5.47. The number of carbonyl (C=O) groups is 1. The van der Waals surface area contributed by atoms with Crippen LogP contribution in [0.2, 0.25) is 0 Å². The molecule has 0 radical (unpaired) electrons. The molecule has 0 saturated heterocycles. The zero-order valence-electron chi connectivity index (χ0n) is 15.0. The van der Waals surface area contributed by atoms with Gasteiger partial charge in [0.05, 0.1) is 6.10 Å². The number of hydrogen-bond acceptors (Lipinski definition) is 4. The third-order valence-corrected chi connectivity index (χ3v) is 5.32. The molecule has 2 aromatic rings. The molecule has 0 bridgehead atoms. The molecule has 0 spiro atoms. The first-order valence-electron chi connectivity index (χ1n) is 9.50. The van der Waals surface area contributed by atoms with E-state index in [0.29, 0.717) is 12.2 Å². The van der Waals surface area contributed by atoms with Crippen molar-refractivity contribution in [2.75, 3.05) is 19.6 Å². The van der Waals surface area contributed by atoms with Crippen LogP contribution in [0.1, 0.15) is 40.3 Å². The first-order valence-corrected chi connectivity index (χ1v) is 9.50. The van der Waals surface area contributed by atoms with Gasteiger partial charge in [0.15, 0.2) is 0 Å². The Bertz CT molecular complexity index is 762. The summed E-state index contributed by atoms with van der Waals surface area (Å²) in [7, 11) is 0. The van der Waals surface area contributed by atoms with Crippen molar-refractivity contribution in [2.24, 2.45) is 0 Å². The minimum absolute atomic E-state index is 0.199. The second-order valence-electron chi connectivity index (χ2n) is 7.31. The number of amides is 1.